The highest BCUT2D eigenvalue weighted by molar-refractivity contribution is 5.94. The van der Waals surface area contributed by atoms with Crippen LogP contribution in [0.1, 0.15) is 22.6 Å². The summed E-state index contributed by atoms with van der Waals surface area (Å²) in [5.41, 5.74) is 14.9. The number of esters is 1. The maximum Gasteiger partial charge on any atom is 0.335 e. The van der Waals surface area contributed by atoms with Crippen LogP contribution >= 0.6 is 0 Å². The van der Waals surface area contributed by atoms with E-state index in [4.69, 9.17) is 30.4 Å². The van der Waals surface area contributed by atoms with Gasteiger partial charge in [0.1, 0.15) is 23.9 Å². The number of benzene rings is 4. The molecular formula is C32H30N2O6. The van der Waals surface area contributed by atoms with Gasteiger partial charge in [-0.3, -0.25) is 4.79 Å². The third kappa shape index (κ3) is 4.74. The third-order valence-electron chi connectivity index (χ3n) is 7.20. The van der Waals surface area contributed by atoms with Crippen molar-refractivity contribution in [2.24, 2.45) is 11.5 Å². The molecule has 8 heteroatoms. The normalized spacial score (nSPS) is 14.3. The molecule has 2 atom stereocenters. The van der Waals surface area contributed by atoms with E-state index < -0.39 is 23.5 Å². The molecule has 0 bridgehead atoms. The van der Waals surface area contributed by atoms with Gasteiger partial charge in [0.05, 0.1) is 14.2 Å². The quantitative estimate of drug-likeness (QED) is 0.291. The highest BCUT2D eigenvalue weighted by Gasteiger charge is 2.52. The first-order valence-electron chi connectivity index (χ1n) is 12.8. The molecular weight excluding hydrogens is 508 g/mol. The molecule has 0 saturated carbocycles. The topological polar surface area (TPSA) is 123 Å². The first-order valence-corrected chi connectivity index (χ1v) is 12.8. The highest BCUT2D eigenvalue weighted by atomic mass is 16.5. The molecule has 40 heavy (non-hydrogen) atoms. The van der Waals surface area contributed by atoms with Crippen LogP contribution in [0.5, 0.6) is 17.2 Å². The Kier molecular flexibility index (Phi) is 7.44. The number of amides is 1. The zero-order valence-electron chi connectivity index (χ0n) is 22.2. The number of carbonyl (C=O) groups excluding carboxylic acids is 2. The lowest BCUT2D eigenvalue weighted by Crippen LogP contribution is -2.62. The van der Waals surface area contributed by atoms with E-state index >= 15 is 0 Å². The summed E-state index contributed by atoms with van der Waals surface area (Å²) in [4.78, 5) is 27.0. The Morgan fingerprint density at radius 2 is 1.40 bits per heavy atom. The fourth-order valence-electron chi connectivity index (χ4n) is 5.23. The Hall–Kier alpha value is -4.82. The average molecular weight is 539 g/mol. The van der Waals surface area contributed by atoms with Crippen LogP contribution in [0.2, 0.25) is 0 Å². The van der Waals surface area contributed by atoms with Crippen molar-refractivity contribution in [3.63, 3.8) is 0 Å². The van der Waals surface area contributed by atoms with Gasteiger partial charge in [-0.2, -0.15) is 0 Å². The second-order valence-electron chi connectivity index (χ2n) is 9.47. The Balaban J connectivity index is 1.55. The van der Waals surface area contributed by atoms with Crippen molar-refractivity contribution < 1.29 is 28.5 Å². The lowest BCUT2D eigenvalue weighted by molar-refractivity contribution is -0.158. The van der Waals surface area contributed by atoms with Crippen LogP contribution in [0, 0.1) is 0 Å². The highest BCUT2D eigenvalue weighted by Crippen LogP contribution is 2.45. The summed E-state index contributed by atoms with van der Waals surface area (Å²) in [6.07, 6.45) is -1.63. The first-order chi connectivity index (χ1) is 19.4. The molecule has 0 aromatic heterocycles. The number of rotatable bonds is 10. The third-order valence-corrected chi connectivity index (χ3v) is 7.20. The molecule has 204 valence electrons. The van der Waals surface area contributed by atoms with E-state index in [-0.39, 0.29) is 23.8 Å². The number of ether oxygens (including phenoxy) is 4. The molecule has 1 amide bonds. The Morgan fingerprint density at radius 3 is 1.98 bits per heavy atom. The van der Waals surface area contributed by atoms with Crippen molar-refractivity contribution in [2.45, 2.75) is 17.6 Å². The number of primary amides is 1. The van der Waals surface area contributed by atoms with Gasteiger partial charge >= 0.3 is 5.97 Å². The minimum atomic E-state index is -2.17. The molecule has 1 aliphatic carbocycles. The van der Waals surface area contributed by atoms with Crippen LogP contribution in [-0.4, -0.2) is 38.8 Å². The largest absolute Gasteiger partial charge is 0.497 e. The van der Waals surface area contributed by atoms with Gasteiger partial charge in [-0.1, -0.05) is 66.7 Å². The number of para-hydroxylation sites is 1. The maximum atomic E-state index is 14.1. The Bertz CT molecular complexity index is 1490. The molecule has 0 spiro atoms. The molecule has 4 N–H and O–H groups in total. The summed E-state index contributed by atoms with van der Waals surface area (Å²) < 4.78 is 22.8. The second-order valence-corrected chi connectivity index (χ2v) is 9.47. The minimum absolute atomic E-state index is 0.0128. The lowest BCUT2D eigenvalue weighted by Gasteiger charge is -2.35. The Labute approximate surface area is 232 Å². The monoisotopic (exact) mass is 538 g/mol. The van der Waals surface area contributed by atoms with Crippen LogP contribution < -0.4 is 25.7 Å². The summed E-state index contributed by atoms with van der Waals surface area (Å²) in [7, 11) is 2.92. The zero-order valence-corrected chi connectivity index (χ0v) is 22.2. The summed E-state index contributed by atoms with van der Waals surface area (Å²) in [6, 6.07) is 29.2. The standard InChI is InChI=1S/C32H30N2O6/c1-37-21-16-17-27(28(18-21)38-2)32(34,29(30(33)35)40-20-10-4-3-5-11-20)31(36)39-19-26-24-14-8-6-12-22(24)23-13-7-9-15-25(23)26/h3-18,26,29H,19,34H2,1-2H3,(H2,33,35). The van der Waals surface area contributed by atoms with Crippen molar-refractivity contribution >= 4 is 11.9 Å². The van der Waals surface area contributed by atoms with Gasteiger partial charge in [-0.05, 0) is 46.5 Å². The molecule has 4 aromatic rings. The van der Waals surface area contributed by atoms with Gasteiger partial charge in [0, 0.05) is 17.5 Å². The van der Waals surface area contributed by atoms with Gasteiger partial charge in [0.15, 0.2) is 5.54 Å². The first kappa shape index (κ1) is 26.8. The van der Waals surface area contributed by atoms with Crippen molar-refractivity contribution in [3.8, 4) is 28.4 Å². The van der Waals surface area contributed by atoms with E-state index in [1.807, 2.05) is 48.5 Å². The maximum absolute atomic E-state index is 14.1. The molecule has 0 fully saturated rings. The summed E-state index contributed by atoms with van der Waals surface area (Å²) in [5.74, 6) is -1.08. The zero-order chi connectivity index (χ0) is 28.3. The number of hydrogen-bond donors (Lipinski definition) is 2. The van der Waals surface area contributed by atoms with E-state index in [9.17, 15) is 9.59 Å². The number of hydrogen-bond acceptors (Lipinski definition) is 7. The molecule has 5 rings (SSSR count). The van der Waals surface area contributed by atoms with Crippen LogP contribution in [0.15, 0.2) is 97.1 Å². The van der Waals surface area contributed by atoms with Crippen LogP contribution in [-0.2, 0) is 19.9 Å². The molecule has 0 heterocycles. The fraction of sp³-hybridized carbons (Fsp3) is 0.188. The Morgan fingerprint density at radius 1 is 0.800 bits per heavy atom. The van der Waals surface area contributed by atoms with Gasteiger partial charge in [-0.15, -0.1) is 0 Å². The van der Waals surface area contributed by atoms with Gasteiger partial charge in [-0.25, -0.2) is 4.79 Å². The molecule has 0 saturated heterocycles. The predicted molar refractivity (Wildman–Crippen MR) is 150 cm³/mol. The van der Waals surface area contributed by atoms with Crippen LogP contribution in [0.4, 0.5) is 0 Å². The van der Waals surface area contributed by atoms with Gasteiger partial charge in [0.2, 0.25) is 6.10 Å². The van der Waals surface area contributed by atoms with E-state index in [0.29, 0.717) is 11.5 Å². The van der Waals surface area contributed by atoms with Crippen LogP contribution in [0.25, 0.3) is 11.1 Å². The molecule has 0 radical (unpaired) electrons. The molecule has 8 nitrogen and oxygen atoms in total. The van der Waals surface area contributed by atoms with E-state index in [0.717, 1.165) is 22.3 Å². The van der Waals surface area contributed by atoms with E-state index in [1.54, 1.807) is 48.5 Å². The number of methoxy groups -OCH3 is 2. The van der Waals surface area contributed by atoms with Crippen molar-refractivity contribution in [1.29, 1.82) is 0 Å². The van der Waals surface area contributed by atoms with Gasteiger partial charge < -0.3 is 30.4 Å². The SMILES string of the molecule is COc1ccc(C(N)(C(=O)OCC2c3ccccc3-c3ccccc32)C(Oc2ccccc2)C(N)=O)c(OC)c1. The average Bonchev–Trinajstić information content (AvgIpc) is 3.31. The van der Waals surface area contributed by atoms with Crippen molar-refractivity contribution in [3.05, 3.63) is 114 Å². The fourth-order valence-corrected chi connectivity index (χ4v) is 5.23. The summed E-state index contributed by atoms with van der Waals surface area (Å²) in [5, 5.41) is 0. The van der Waals surface area contributed by atoms with E-state index in [2.05, 4.69) is 0 Å². The van der Waals surface area contributed by atoms with E-state index in [1.165, 1.54) is 14.2 Å². The van der Waals surface area contributed by atoms with Gasteiger partial charge in [0.25, 0.3) is 5.91 Å². The summed E-state index contributed by atoms with van der Waals surface area (Å²) in [6.45, 7) is -0.0128. The molecule has 0 aliphatic heterocycles. The molecule has 2 unspecified atom stereocenters. The smallest absolute Gasteiger partial charge is 0.335 e. The number of nitrogens with two attached hydrogens (primary N) is 2. The lowest BCUT2D eigenvalue weighted by atomic mass is 9.83. The summed E-state index contributed by atoms with van der Waals surface area (Å²) >= 11 is 0. The van der Waals surface area contributed by atoms with Crippen LogP contribution in [0.3, 0.4) is 0 Å². The van der Waals surface area contributed by atoms with Crippen molar-refractivity contribution in [1.82, 2.24) is 0 Å². The molecule has 1 aliphatic rings. The predicted octanol–water partition coefficient (Wildman–Crippen LogP) is 4.15. The molecule has 4 aromatic carbocycles. The minimum Gasteiger partial charge on any atom is -0.497 e. The number of fused-ring (bicyclic) bond motifs is 3. The second kappa shape index (κ2) is 11.1. The van der Waals surface area contributed by atoms with Crippen molar-refractivity contribution in [2.75, 3.05) is 20.8 Å². The number of carbonyl (C=O) groups is 2.